The van der Waals surface area contributed by atoms with Gasteiger partial charge in [0, 0.05) is 24.2 Å². The fourth-order valence-electron chi connectivity index (χ4n) is 1.88. The van der Waals surface area contributed by atoms with E-state index in [-0.39, 0.29) is 11.3 Å². The second-order valence-corrected chi connectivity index (χ2v) is 6.18. The Kier molecular flexibility index (Phi) is 5.30. The first kappa shape index (κ1) is 15.9. The second-order valence-electron chi connectivity index (χ2n) is 4.58. The molecule has 0 aromatic carbocycles. The van der Waals surface area contributed by atoms with Crippen molar-refractivity contribution in [3.8, 4) is 0 Å². The van der Waals surface area contributed by atoms with Crippen molar-refractivity contribution >= 4 is 34.8 Å². The van der Waals surface area contributed by atoms with E-state index in [0.717, 1.165) is 18.1 Å². The van der Waals surface area contributed by atoms with Crippen molar-refractivity contribution in [3.05, 3.63) is 21.4 Å². The van der Waals surface area contributed by atoms with Gasteiger partial charge in [0.25, 0.3) is 0 Å². The molecule has 0 fully saturated rings. The summed E-state index contributed by atoms with van der Waals surface area (Å²) in [6, 6.07) is 0.0201. The summed E-state index contributed by atoms with van der Waals surface area (Å²) < 4.78 is 0. The van der Waals surface area contributed by atoms with E-state index < -0.39 is 0 Å². The molecule has 1 unspecified atom stereocenters. The van der Waals surface area contributed by atoms with E-state index in [1.807, 2.05) is 24.9 Å². The first-order chi connectivity index (χ1) is 10.0. The van der Waals surface area contributed by atoms with Crippen molar-refractivity contribution in [2.24, 2.45) is 0 Å². The average Bonchev–Trinajstić information content (AvgIpc) is 2.86. The Morgan fingerprint density at radius 3 is 2.57 bits per heavy atom. The lowest BCUT2D eigenvalue weighted by atomic mass is 10.4. The van der Waals surface area contributed by atoms with Gasteiger partial charge in [-0.2, -0.15) is 15.0 Å². The van der Waals surface area contributed by atoms with Crippen LogP contribution in [0.3, 0.4) is 0 Å². The summed E-state index contributed by atoms with van der Waals surface area (Å²) in [5.74, 6) is 1.06. The lowest BCUT2D eigenvalue weighted by Gasteiger charge is -2.19. The van der Waals surface area contributed by atoms with Crippen LogP contribution in [0.4, 0.5) is 11.9 Å². The molecule has 0 bridgehead atoms. The molecular weight excluding hydrogens is 308 g/mol. The lowest BCUT2D eigenvalue weighted by Crippen LogP contribution is -2.25. The molecule has 0 amide bonds. The third kappa shape index (κ3) is 4.01. The second kappa shape index (κ2) is 7.00. The minimum absolute atomic E-state index is 0.0201. The molecule has 1 N–H and O–H groups in total. The number of anilines is 2. The minimum atomic E-state index is 0.0201. The van der Waals surface area contributed by atoms with Crippen LogP contribution >= 0.6 is 22.9 Å². The maximum atomic E-state index is 6.00. The van der Waals surface area contributed by atoms with Crippen LogP contribution in [0.2, 0.25) is 5.28 Å². The number of aryl methyl sites for hydroxylation is 1. The zero-order chi connectivity index (χ0) is 15.4. The largest absolute Gasteiger partial charge is 0.345 e. The van der Waals surface area contributed by atoms with Crippen LogP contribution in [0, 0.1) is 6.92 Å². The average molecular weight is 327 g/mol. The zero-order valence-electron chi connectivity index (χ0n) is 12.6. The molecule has 6 nitrogen and oxygen atoms in total. The smallest absolute Gasteiger partial charge is 0.231 e. The first-order valence-electron chi connectivity index (χ1n) is 6.88. The van der Waals surface area contributed by atoms with Crippen molar-refractivity contribution in [2.45, 2.75) is 33.7 Å². The van der Waals surface area contributed by atoms with Gasteiger partial charge in [0.15, 0.2) is 0 Å². The number of rotatable bonds is 6. The van der Waals surface area contributed by atoms with Gasteiger partial charge in [-0.3, -0.25) is 0 Å². The van der Waals surface area contributed by atoms with E-state index in [9.17, 15) is 0 Å². The third-order valence-corrected chi connectivity index (χ3v) is 4.26. The summed E-state index contributed by atoms with van der Waals surface area (Å²) in [4.78, 5) is 20.3. The molecule has 0 saturated carbocycles. The molecule has 2 heterocycles. The molecule has 0 aliphatic rings. The molecule has 2 aromatic rings. The SMILES string of the molecule is CCN(CC)c1nc(Cl)nc(NC(C)c2ncc(C)s2)n1. The molecule has 0 aliphatic carbocycles. The van der Waals surface area contributed by atoms with Gasteiger partial charge >= 0.3 is 0 Å². The predicted octanol–water partition coefficient (Wildman–Crippen LogP) is 3.31. The quantitative estimate of drug-likeness (QED) is 0.878. The molecular formula is C13H19ClN6S. The van der Waals surface area contributed by atoms with E-state index in [2.05, 4.69) is 39.1 Å². The van der Waals surface area contributed by atoms with Crippen molar-refractivity contribution in [2.75, 3.05) is 23.3 Å². The number of halogens is 1. The Labute approximate surface area is 133 Å². The van der Waals surface area contributed by atoms with E-state index in [1.165, 1.54) is 4.88 Å². The van der Waals surface area contributed by atoms with Crippen molar-refractivity contribution in [1.29, 1.82) is 0 Å². The Morgan fingerprint density at radius 2 is 2.00 bits per heavy atom. The van der Waals surface area contributed by atoms with Gasteiger partial charge in [0.1, 0.15) is 5.01 Å². The number of thiazole rings is 1. The highest BCUT2D eigenvalue weighted by Crippen LogP contribution is 2.23. The first-order valence-corrected chi connectivity index (χ1v) is 8.08. The molecule has 2 rings (SSSR count). The number of hydrogen-bond donors (Lipinski definition) is 1. The monoisotopic (exact) mass is 326 g/mol. The van der Waals surface area contributed by atoms with Gasteiger partial charge in [-0.15, -0.1) is 11.3 Å². The standard InChI is InChI=1S/C13H19ClN6S/c1-5-20(6-2)13-18-11(14)17-12(19-13)16-9(4)10-15-7-8(3)21-10/h7,9H,5-6H2,1-4H3,(H,16,17,18,19). The Balaban J connectivity index is 2.19. The van der Waals surface area contributed by atoms with Crippen LogP contribution in [0.15, 0.2) is 6.20 Å². The fourth-order valence-corrected chi connectivity index (χ4v) is 2.81. The minimum Gasteiger partial charge on any atom is -0.345 e. The fraction of sp³-hybridized carbons (Fsp3) is 0.538. The maximum Gasteiger partial charge on any atom is 0.231 e. The number of hydrogen-bond acceptors (Lipinski definition) is 7. The van der Waals surface area contributed by atoms with Crippen molar-refractivity contribution < 1.29 is 0 Å². The zero-order valence-corrected chi connectivity index (χ0v) is 14.2. The highest BCUT2D eigenvalue weighted by molar-refractivity contribution is 7.11. The number of nitrogens with one attached hydrogen (secondary N) is 1. The van der Waals surface area contributed by atoms with Crippen LogP contribution in [-0.2, 0) is 0 Å². The summed E-state index contributed by atoms with van der Waals surface area (Å²) in [6.45, 7) is 9.79. The summed E-state index contributed by atoms with van der Waals surface area (Å²) in [7, 11) is 0. The molecule has 0 saturated heterocycles. The molecule has 0 aliphatic heterocycles. The van der Waals surface area contributed by atoms with Crippen LogP contribution < -0.4 is 10.2 Å². The Hall–Kier alpha value is -1.47. The molecule has 0 radical (unpaired) electrons. The van der Waals surface area contributed by atoms with E-state index >= 15 is 0 Å². The van der Waals surface area contributed by atoms with Gasteiger partial charge in [-0.1, -0.05) is 0 Å². The maximum absolute atomic E-state index is 6.00. The topological polar surface area (TPSA) is 66.8 Å². The highest BCUT2D eigenvalue weighted by Gasteiger charge is 2.14. The molecule has 8 heteroatoms. The molecule has 114 valence electrons. The summed E-state index contributed by atoms with van der Waals surface area (Å²) in [5, 5.41) is 4.42. The normalized spacial score (nSPS) is 12.2. The predicted molar refractivity (Wildman–Crippen MR) is 87.3 cm³/mol. The molecule has 1 atom stereocenters. The van der Waals surface area contributed by atoms with Gasteiger partial charge < -0.3 is 10.2 Å². The number of nitrogens with zero attached hydrogens (tertiary/aromatic N) is 5. The van der Waals surface area contributed by atoms with Gasteiger partial charge in [-0.25, -0.2) is 4.98 Å². The molecule has 21 heavy (non-hydrogen) atoms. The molecule has 0 spiro atoms. The summed E-state index contributed by atoms with van der Waals surface area (Å²) in [6.07, 6.45) is 1.86. The highest BCUT2D eigenvalue weighted by atomic mass is 35.5. The van der Waals surface area contributed by atoms with E-state index in [1.54, 1.807) is 11.3 Å². The summed E-state index contributed by atoms with van der Waals surface area (Å²) >= 11 is 7.65. The Bertz CT molecular complexity index is 598. The lowest BCUT2D eigenvalue weighted by molar-refractivity contribution is 0.797. The summed E-state index contributed by atoms with van der Waals surface area (Å²) in [5.41, 5.74) is 0. The van der Waals surface area contributed by atoms with Crippen LogP contribution in [-0.4, -0.2) is 33.0 Å². The van der Waals surface area contributed by atoms with Gasteiger partial charge in [-0.05, 0) is 39.3 Å². The third-order valence-electron chi connectivity index (χ3n) is 3.00. The van der Waals surface area contributed by atoms with E-state index in [0.29, 0.717) is 11.9 Å². The van der Waals surface area contributed by atoms with Crippen molar-refractivity contribution in [1.82, 2.24) is 19.9 Å². The molecule has 2 aromatic heterocycles. The van der Waals surface area contributed by atoms with Crippen molar-refractivity contribution in [3.63, 3.8) is 0 Å². The Morgan fingerprint density at radius 1 is 1.29 bits per heavy atom. The van der Waals surface area contributed by atoms with Crippen LogP contribution in [0.25, 0.3) is 0 Å². The van der Waals surface area contributed by atoms with Crippen LogP contribution in [0.1, 0.15) is 36.7 Å². The number of aromatic nitrogens is 4. The van der Waals surface area contributed by atoms with Crippen LogP contribution in [0.5, 0.6) is 0 Å². The van der Waals surface area contributed by atoms with E-state index in [4.69, 9.17) is 11.6 Å². The van der Waals surface area contributed by atoms with Gasteiger partial charge in [0.2, 0.25) is 17.2 Å². The van der Waals surface area contributed by atoms with Gasteiger partial charge in [0.05, 0.1) is 6.04 Å².